The van der Waals surface area contributed by atoms with Gasteiger partial charge < -0.3 is 10.2 Å². The van der Waals surface area contributed by atoms with Crippen LogP contribution < -0.4 is 5.32 Å². The molecule has 112 valence electrons. The highest BCUT2D eigenvalue weighted by atomic mass is 35.5. The third-order valence-electron chi connectivity index (χ3n) is 4.24. The Hall–Kier alpha value is -1.62. The van der Waals surface area contributed by atoms with E-state index >= 15 is 0 Å². The van der Waals surface area contributed by atoms with Crippen LogP contribution >= 0.6 is 11.6 Å². The van der Waals surface area contributed by atoms with Crippen LogP contribution in [0.25, 0.3) is 0 Å². The number of halogens is 2. The first-order chi connectivity index (χ1) is 9.90. The summed E-state index contributed by atoms with van der Waals surface area (Å²) in [6.45, 7) is 2.01. The number of carbonyl (C=O) groups is 2. The highest BCUT2D eigenvalue weighted by Crippen LogP contribution is 2.41. The van der Waals surface area contributed by atoms with Crippen LogP contribution in [-0.2, 0) is 16.1 Å². The van der Waals surface area contributed by atoms with E-state index in [0.29, 0.717) is 5.56 Å². The van der Waals surface area contributed by atoms with Crippen LogP contribution in [0.5, 0.6) is 0 Å². The van der Waals surface area contributed by atoms with Gasteiger partial charge in [0.05, 0.1) is 6.54 Å². The molecule has 1 aliphatic heterocycles. The van der Waals surface area contributed by atoms with E-state index in [1.54, 1.807) is 13.0 Å². The molecule has 0 spiro atoms. The predicted octanol–water partition coefficient (Wildman–Crippen LogP) is 2.11. The van der Waals surface area contributed by atoms with E-state index < -0.39 is 11.4 Å². The second-order valence-corrected chi connectivity index (χ2v) is 6.33. The average Bonchev–Trinajstić information content (AvgIpc) is 3.23. The van der Waals surface area contributed by atoms with Gasteiger partial charge in [0.25, 0.3) is 0 Å². The molecule has 4 nitrogen and oxygen atoms in total. The van der Waals surface area contributed by atoms with Gasteiger partial charge >= 0.3 is 0 Å². The Morgan fingerprint density at radius 1 is 1.43 bits per heavy atom. The predicted molar refractivity (Wildman–Crippen MR) is 76.1 cm³/mol. The van der Waals surface area contributed by atoms with E-state index in [4.69, 9.17) is 11.6 Å². The number of hydrogen-bond donors (Lipinski definition) is 1. The summed E-state index contributed by atoms with van der Waals surface area (Å²) in [6.07, 6.45) is 1.90. The topological polar surface area (TPSA) is 49.4 Å². The number of amides is 2. The number of nitrogens with one attached hydrogen (secondary N) is 1. The van der Waals surface area contributed by atoms with Crippen LogP contribution in [0, 0.1) is 11.7 Å². The Labute approximate surface area is 127 Å². The molecule has 2 fully saturated rings. The molecule has 1 saturated carbocycles. The lowest BCUT2D eigenvalue weighted by molar-refractivity contribution is -0.150. The Kier molecular flexibility index (Phi) is 3.40. The van der Waals surface area contributed by atoms with Gasteiger partial charge in [-0.2, -0.15) is 0 Å². The lowest BCUT2D eigenvalue weighted by Crippen LogP contribution is -2.66. The highest BCUT2D eigenvalue weighted by Gasteiger charge is 2.52. The Balaban J connectivity index is 1.83. The average molecular weight is 311 g/mol. The van der Waals surface area contributed by atoms with Crippen LogP contribution in [0.2, 0.25) is 5.02 Å². The van der Waals surface area contributed by atoms with E-state index in [1.807, 2.05) is 0 Å². The second-order valence-electron chi connectivity index (χ2n) is 5.92. The first-order valence-electron chi connectivity index (χ1n) is 6.94. The standard InChI is InChI=1S/C15H16ClFN2O2/c1-15(10-3-4-10)14(21)19(8-13(20)18-15)7-9-2-5-11(17)6-12(9)16/h2,5-6,10H,3-4,7-8H2,1H3,(H,18,20). The van der Waals surface area contributed by atoms with E-state index in [0.717, 1.165) is 12.8 Å². The molecule has 1 unspecified atom stereocenters. The van der Waals surface area contributed by atoms with Crippen LogP contribution in [0.3, 0.4) is 0 Å². The van der Waals surface area contributed by atoms with Gasteiger partial charge in [0.1, 0.15) is 11.4 Å². The van der Waals surface area contributed by atoms with Crippen LogP contribution in [0.15, 0.2) is 18.2 Å². The fraction of sp³-hybridized carbons (Fsp3) is 0.467. The van der Waals surface area contributed by atoms with Crippen LogP contribution in [-0.4, -0.2) is 28.8 Å². The zero-order valence-corrected chi connectivity index (χ0v) is 12.4. The van der Waals surface area contributed by atoms with Crippen molar-refractivity contribution in [1.82, 2.24) is 10.2 Å². The van der Waals surface area contributed by atoms with Crippen molar-refractivity contribution in [3.8, 4) is 0 Å². The van der Waals surface area contributed by atoms with Crippen LogP contribution in [0.4, 0.5) is 4.39 Å². The van der Waals surface area contributed by atoms with Crippen molar-refractivity contribution in [2.75, 3.05) is 6.54 Å². The van der Waals surface area contributed by atoms with Gasteiger partial charge in [-0.3, -0.25) is 9.59 Å². The maximum Gasteiger partial charge on any atom is 0.249 e. The highest BCUT2D eigenvalue weighted by molar-refractivity contribution is 6.31. The zero-order valence-electron chi connectivity index (χ0n) is 11.7. The minimum atomic E-state index is -0.818. The molecule has 1 aromatic rings. The molecular formula is C15H16ClFN2O2. The second kappa shape index (κ2) is 4.98. The van der Waals surface area contributed by atoms with Crippen molar-refractivity contribution in [2.24, 2.45) is 5.92 Å². The number of benzene rings is 1. The SMILES string of the molecule is CC1(C2CC2)NC(=O)CN(Cc2ccc(F)cc2Cl)C1=O. The summed E-state index contributed by atoms with van der Waals surface area (Å²) in [7, 11) is 0. The maximum atomic E-state index is 13.1. The Morgan fingerprint density at radius 2 is 2.14 bits per heavy atom. The minimum absolute atomic E-state index is 0.00878. The molecule has 2 amide bonds. The molecule has 1 saturated heterocycles. The number of carbonyl (C=O) groups excluding carboxylic acids is 2. The van der Waals surface area contributed by atoms with Crippen molar-refractivity contribution >= 4 is 23.4 Å². The van der Waals surface area contributed by atoms with Crippen molar-refractivity contribution < 1.29 is 14.0 Å². The lowest BCUT2D eigenvalue weighted by Gasteiger charge is -2.40. The summed E-state index contributed by atoms with van der Waals surface area (Å²) in [5, 5.41) is 3.09. The van der Waals surface area contributed by atoms with Crippen molar-refractivity contribution in [3.63, 3.8) is 0 Å². The monoisotopic (exact) mass is 310 g/mol. The fourth-order valence-electron chi connectivity index (χ4n) is 2.88. The van der Waals surface area contributed by atoms with Crippen LogP contribution in [0.1, 0.15) is 25.3 Å². The normalized spacial score (nSPS) is 26.0. The van der Waals surface area contributed by atoms with Gasteiger partial charge in [0.15, 0.2) is 0 Å². The molecule has 1 aromatic carbocycles. The van der Waals surface area contributed by atoms with Gasteiger partial charge in [-0.05, 0) is 43.4 Å². The Bertz CT molecular complexity index is 618. The molecule has 3 rings (SSSR count). The van der Waals surface area contributed by atoms with E-state index in [1.165, 1.54) is 17.0 Å². The molecule has 0 radical (unpaired) electrons. The molecule has 6 heteroatoms. The van der Waals surface area contributed by atoms with Gasteiger partial charge in [-0.15, -0.1) is 0 Å². The molecule has 1 N–H and O–H groups in total. The third kappa shape index (κ3) is 2.62. The van der Waals surface area contributed by atoms with E-state index in [-0.39, 0.29) is 35.8 Å². The van der Waals surface area contributed by atoms with E-state index in [9.17, 15) is 14.0 Å². The first kappa shape index (κ1) is 14.3. The van der Waals surface area contributed by atoms with Crippen molar-refractivity contribution in [3.05, 3.63) is 34.6 Å². The Morgan fingerprint density at radius 3 is 2.76 bits per heavy atom. The minimum Gasteiger partial charge on any atom is -0.340 e. The third-order valence-corrected chi connectivity index (χ3v) is 4.59. The molecule has 0 bridgehead atoms. The van der Waals surface area contributed by atoms with E-state index in [2.05, 4.69) is 5.32 Å². The van der Waals surface area contributed by atoms with Crippen molar-refractivity contribution in [1.29, 1.82) is 0 Å². The number of nitrogens with zero attached hydrogens (tertiary/aromatic N) is 1. The molecule has 21 heavy (non-hydrogen) atoms. The zero-order chi connectivity index (χ0) is 15.2. The number of hydrogen-bond acceptors (Lipinski definition) is 2. The largest absolute Gasteiger partial charge is 0.340 e. The lowest BCUT2D eigenvalue weighted by atomic mass is 9.91. The van der Waals surface area contributed by atoms with Gasteiger partial charge in [-0.25, -0.2) is 4.39 Å². The number of piperazine rings is 1. The van der Waals surface area contributed by atoms with Gasteiger partial charge in [0.2, 0.25) is 11.8 Å². The summed E-state index contributed by atoms with van der Waals surface area (Å²) in [5.41, 5.74) is -0.179. The fourth-order valence-corrected chi connectivity index (χ4v) is 3.10. The quantitative estimate of drug-likeness (QED) is 0.929. The first-order valence-corrected chi connectivity index (χ1v) is 7.32. The summed E-state index contributed by atoms with van der Waals surface area (Å²) < 4.78 is 13.1. The molecule has 0 aromatic heterocycles. The summed E-state index contributed by atoms with van der Waals surface area (Å²) >= 11 is 6.00. The maximum absolute atomic E-state index is 13.1. The van der Waals surface area contributed by atoms with Gasteiger partial charge in [0, 0.05) is 11.6 Å². The summed E-state index contributed by atoms with van der Waals surface area (Å²) in [6, 6.07) is 4.06. The summed E-state index contributed by atoms with van der Waals surface area (Å²) in [4.78, 5) is 26.0. The molecule has 1 aliphatic carbocycles. The molecule has 1 heterocycles. The molecular weight excluding hydrogens is 295 g/mol. The van der Waals surface area contributed by atoms with Crippen molar-refractivity contribution in [2.45, 2.75) is 31.8 Å². The smallest absolute Gasteiger partial charge is 0.249 e. The summed E-state index contributed by atoms with van der Waals surface area (Å²) in [5.74, 6) is -0.470. The number of rotatable bonds is 3. The van der Waals surface area contributed by atoms with Gasteiger partial charge in [-0.1, -0.05) is 17.7 Å². The molecule has 1 atom stereocenters. The molecule has 2 aliphatic rings.